The van der Waals surface area contributed by atoms with Crippen LogP contribution in [0.3, 0.4) is 0 Å². The predicted molar refractivity (Wildman–Crippen MR) is 210 cm³/mol. The third kappa shape index (κ3) is 33.4. The molecular weight excluding hydrogens is 617 g/mol. The zero-order valence-electron chi connectivity index (χ0n) is 32.6. The standard InChI is InChI=1S/C41H80N2O4S/c1-6-9-12-13-15-21-28-36-46-37-29-22-16-14-19-26-33-43(41(45)48-38-35-42(4)5)34-27-20-17-18-25-32-40(44)47-39(30-23-10-7-2)31-24-11-8-3/h21,28,39H,6-20,22-27,29-38H2,1-5H3/b28-21-. The fourth-order valence-electron chi connectivity index (χ4n) is 5.79. The van der Waals surface area contributed by atoms with E-state index in [2.05, 4.69) is 56.8 Å². The molecule has 0 N–H and O–H groups in total. The zero-order valence-corrected chi connectivity index (χ0v) is 33.4. The lowest BCUT2D eigenvalue weighted by Gasteiger charge is -2.22. The number of esters is 1. The van der Waals surface area contributed by atoms with Crippen LogP contribution in [-0.2, 0) is 14.3 Å². The van der Waals surface area contributed by atoms with Gasteiger partial charge in [0.25, 0.3) is 5.24 Å². The highest BCUT2D eigenvalue weighted by molar-refractivity contribution is 8.13. The lowest BCUT2D eigenvalue weighted by atomic mass is 10.0. The minimum Gasteiger partial charge on any atom is -0.462 e. The molecule has 0 aliphatic rings. The topological polar surface area (TPSA) is 59.1 Å². The normalized spacial score (nSPS) is 11.7. The maximum Gasteiger partial charge on any atom is 0.306 e. The van der Waals surface area contributed by atoms with Crippen LogP contribution in [0.2, 0.25) is 0 Å². The highest BCUT2D eigenvalue weighted by Gasteiger charge is 2.15. The van der Waals surface area contributed by atoms with Crippen molar-refractivity contribution in [1.29, 1.82) is 0 Å². The Hall–Kier alpha value is -1.05. The maximum atomic E-state index is 13.0. The SMILES string of the molecule is CCCCCC/C=C\COCCCCCCCCN(CCCCCCCC(=O)OC(CCCCC)CCCCC)C(=O)SCCN(C)C. The lowest BCUT2D eigenvalue weighted by molar-refractivity contribution is -0.150. The molecule has 0 aromatic rings. The molecule has 48 heavy (non-hydrogen) atoms. The largest absolute Gasteiger partial charge is 0.462 e. The number of hydrogen-bond acceptors (Lipinski definition) is 6. The molecule has 0 saturated heterocycles. The summed E-state index contributed by atoms with van der Waals surface area (Å²) in [5.74, 6) is 0.830. The van der Waals surface area contributed by atoms with Crippen molar-refractivity contribution in [2.75, 3.05) is 52.7 Å². The molecule has 0 bridgehead atoms. The van der Waals surface area contributed by atoms with E-state index in [4.69, 9.17) is 9.47 Å². The van der Waals surface area contributed by atoms with Gasteiger partial charge in [-0.05, 0) is 78.3 Å². The number of allylic oxidation sites excluding steroid dienone is 1. The first-order chi connectivity index (χ1) is 23.4. The van der Waals surface area contributed by atoms with Crippen LogP contribution in [0.4, 0.5) is 4.79 Å². The Morgan fingerprint density at radius 3 is 1.77 bits per heavy atom. The third-order valence-electron chi connectivity index (χ3n) is 8.96. The van der Waals surface area contributed by atoms with Crippen molar-refractivity contribution in [2.24, 2.45) is 0 Å². The van der Waals surface area contributed by atoms with Crippen molar-refractivity contribution in [3.05, 3.63) is 12.2 Å². The summed E-state index contributed by atoms with van der Waals surface area (Å²) in [6, 6.07) is 0. The van der Waals surface area contributed by atoms with E-state index in [0.29, 0.717) is 6.42 Å². The molecule has 0 radical (unpaired) electrons. The van der Waals surface area contributed by atoms with Crippen molar-refractivity contribution < 1.29 is 19.1 Å². The summed E-state index contributed by atoms with van der Waals surface area (Å²) in [5, 5.41) is 0.235. The van der Waals surface area contributed by atoms with Crippen LogP contribution in [0, 0.1) is 0 Å². The van der Waals surface area contributed by atoms with E-state index < -0.39 is 0 Å². The molecule has 0 aliphatic heterocycles. The van der Waals surface area contributed by atoms with E-state index in [0.717, 1.165) is 109 Å². The molecule has 284 valence electrons. The molecule has 0 heterocycles. The zero-order chi connectivity index (χ0) is 35.3. The van der Waals surface area contributed by atoms with Crippen molar-refractivity contribution in [3.63, 3.8) is 0 Å². The number of ether oxygens (including phenoxy) is 2. The quantitative estimate of drug-likeness (QED) is 0.0369. The molecule has 0 aromatic carbocycles. The number of rotatable bonds is 36. The number of nitrogens with zero attached hydrogens (tertiary/aromatic N) is 2. The van der Waals surface area contributed by atoms with Crippen LogP contribution >= 0.6 is 11.8 Å². The predicted octanol–water partition coefficient (Wildman–Crippen LogP) is 12.0. The second-order valence-electron chi connectivity index (χ2n) is 14.0. The van der Waals surface area contributed by atoms with Gasteiger partial charge in [0.1, 0.15) is 6.10 Å². The van der Waals surface area contributed by atoms with E-state index in [1.54, 1.807) is 0 Å². The smallest absolute Gasteiger partial charge is 0.306 e. The highest BCUT2D eigenvalue weighted by atomic mass is 32.2. The van der Waals surface area contributed by atoms with Gasteiger partial charge in [-0.1, -0.05) is 135 Å². The minimum atomic E-state index is -0.0101. The number of amides is 1. The molecule has 0 fully saturated rings. The van der Waals surface area contributed by atoms with Crippen LogP contribution in [0.15, 0.2) is 12.2 Å². The summed E-state index contributed by atoms with van der Waals surface area (Å²) >= 11 is 1.47. The summed E-state index contributed by atoms with van der Waals surface area (Å²) in [7, 11) is 4.11. The molecule has 0 unspecified atom stereocenters. The van der Waals surface area contributed by atoms with Crippen molar-refractivity contribution in [2.45, 2.75) is 187 Å². The molecule has 0 saturated carbocycles. The van der Waals surface area contributed by atoms with Gasteiger partial charge in [-0.25, -0.2) is 0 Å². The van der Waals surface area contributed by atoms with Crippen LogP contribution in [-0.4, -0.2) is 79.8 Å². The molecule has 1 amide bonds. The van der Waals surface area contributed by atoms with E-state index in [1.807, 2.05) is 0 Å². The fourth-order valence-corrected chi connectivity index (χ4v) is 6.79. The number of hydrogen-bond donors (Lipinski definition) is 0. The molecule has 0 aliphatic carbocycles. The molecule has 0 atom stereocenters. The maximum absolute atomic E-state index is 13.0. The summed E-state index contributed by atoms with van der Waals surface area (Å²) in [6.45, 7) is 10.9. The number of carbonyl (C=O) groups is 2. The van der Waals surface area contributed by atoms with Gasteiger partial charge >= 0.3 is 5.97 Å². The Kier molecular flexibility index (Phi) is 36.4. The van der Waals surface area contributed by atoms with Crippen LogP contribution in [0.1, 0.15) is 181 Å². The number of thioether (sulfide) groups is 1. The first-order valence-electron chi connectivity index (χ1n) is 20.4. The van der Waals surface area contributed by atoms with Crippen LogP contribution in [0.25, 0.3) is 0 Å². The first kappa shape index (κ1) is 47.0. The second kappa shape index (κ2) is 37.2. The fraction of sp³-hybridized carbons (Fsp3) is 0.902. The Labute approximate surface area is 303 Å². The van der Waals surface area contributed by atoms with Gasteiger partial charge in [0.15, 0.2) is 0 Å². The summed E-state index contributed by atoms with van der Waals surface area (Å²) in [6.07, 6.45) is 33.0. The molecule has 0 aromatic heterocycles. The lowest BCUT2D eigenvalue weighted by Crippen LogP contribution is -2.30. The monoisotopic (exact) mass is 697 g/mol. The third-order valence-corrected chi connectivity index (χ3v) is 9.85. The van der Waals surface area contributed by atoms with Crippen LogP contribution in [0.5, 0.6) is 0 Å². The molecular formula is C41H80N2O4S. The van der Waals surface area contributed by atoms with Gasteiger partial charge in [0.2, 0.25) is 0 Å². The number of unbranched alkanes of at least 4 members (excludes halogenated alkanes) is 17. The van der Waals surface area contributed by atoms with Gasteiger partial charge in [0.05, 0.1) is 6.61 Å². The van der Waals surface area contributed by atoms with Crippen molar-refractivity contribution in [1.82, 2.24) is 9.80 Å². The molecule has 0 spiro atoms. The highest BCUT2D eigenvalue weighted by Crippen LogP contribution is 2.17. The summed E-state index contributed by atoms with van der Waals surface area (Å²) in [4.78, 5) is 29.8. The van der Waals surface area contributed by atoms with E-state index in [9.17, 15) is 9.59 Å². The Morgan fingerprint density at radius 2 is 1.17 bits per heavy atom. The van der Waals surface area contributed by atoms with Gasteiger partial charge in [-0.2, -0.15) is 0 Å². The van der Waals surface area contributed by atoms with E-state index >= 15 is 0 Å². The minimum absolute atomic E-state index is 0.0101. The van der Waals surface area contributed by atoms with Gasteiger partial charge in [-0.15, -0.1) is 0 Å². The summed E-state index contributed by atoms with van der Waals surface area (Å²) in [5.41, 5.74) is 0. The average molecular weight is 697 g/mol. The van der Waals surface area contributed by atoms with Gasteiger partial charge in [0, 0.05) is 38.4 Å². The van der Waals surface area contributed by atoms with Crippen molar-refractivity contribution in [3.8, 4) is 0 Å². The van der Waals surface area contributed by atoms with Crippen LogP contribution < -0.4 is 0 Å². The Balaban J connectivity index is 4.17. The first-order valence-corrected chi connectivity index (χ1v) is 21.4. The van der Waals surface area contributed by atoms with E-state index in [-0.39, 0.29) is 17.3 Å². The second-order valence-corrected chi connectivity index (χ2v) is 15.1. The van der Waals surface area contributed by atoms with E-state index in [1.165, 1.54) is 95.2 Å². The number of carbonyl (C=O) groups excluding carboxylic acids is 2. The average Bonchev–Trinajstić information content (AvgIpc) is 3.06. The Bertz CT molecular complexity index is 723. The van der Waals surface area contributed by atoms with Gasteiger partial charge < -0.3 is 19.3 Å². The molecule has 6 nitrogen and oxygen atoms in total. The van der Waals surface area contributed by atoms with Gasteiger partial charge in [-0.3, -0.25) is 9.59 Å². The molecule has 7 heteroatoms. The molecule has 0 rings (SSSR count). The Morgan fingerprint density at radius 1 is 0.625 bits per heavy atom. The van der Waals surface area contributed by atoms with Crippen molar-refractivity contribution >= 4 is 23.0 Å². The summed E-state index contributed by atoms with van der Waals surface area (Å²) < 4.78 is 11.6.